The van der Waals surface area contributed by atoms with Gasteiger partial charge < -0.3 is 4.98 Å². The molecule has 0 spiro atoms. The van der Waals surface area contributed by atoms with Crippen molar-refractivity contribution in [3.8, 4) is 0 Å². The Morgan fingerprint density at radius 3 is 2.79 bits per heavy atom. The highest BCUT2D eigenvalue weighted by Crippen LogP contribution is 2.36. The number of aromatic amines is 1. The molecule has 1 aliphatic rings. The number of benzene rings is 1. The van der Waals surface area contributed by atoms with Gasteiger partial charge >= 0.3 is 0 Å². The van der Waals surface area contributed by atoms with Crippen LogP contribution >= 0.6 is 11.3 Å². The van der Waals surface area contributed by atoms with Gasteiger partial charge in [0.05, 0.1) is 6.04 Å². The molecule has 1 atom stereocenters. The largest absolute Gasteiger partial charge is 0.361 e. The Labute approximate surface area is 144 Å². The lowest BCUT2D eigenvalue weighted by Gasteiger charge is -2.35. The van der Waals surface area contributed by atoms with E-state index in [0.29, 0.717) is 12.0 Å². The first kappa shape index (κ1) is 15.7. The standard InChI is InChI=1S/C18H21FN4S/c1-11(18-22-21-12(2)24-18)23-7-5-13(6-8-23)16-10-20-17-9-14(19)3-4-15(16)17/h3-4,9-11,13,20H,5-8H2,1-2H3. The third-order valence-electron chi connectivity index (χ3n) is 5.09. The Morgan fingerprint density at radius 1 is 1.29 bits per heavy atom. The van der Waals surface area contributed by atoms with Crippen molar-refractivity contribution in [2.45, 2.75) is 38.6 Å². The minimum Gasteiger partial charge on any atom is -0.361 e. The number of H-pyrrole nitrogens is 1. The van der Waals surface area contributed by atoms with Crippen LogP contribution in [0.3, 0.4) is 0 Å². The first-order valence-electron chi connectivity index (χ1n) is 8.42. The van der Waals surface area contributed by atoms with Gasteiger partial charge in [-0.15, -0.1) is 21.5 Å². The van der Waals surface area contributed by atoms with Crippen LogP contribution in [0.2, 0.25) is 0 Å². The minimum absolute atomic E-state index is 0.188. The van der Waals surface area contributed by atoms with E-state index in [9.17, 15) is 4.39 Å². The number of aromatic nitrogens is 3. The smallest absolute Gasteiger partial charge is 0.134 e. The molecule has 0 aliphatic carbocycles. The van der Waals surface area contributed by atoms with Crippen LogP contribution in [0.4, 0.5) is 4.39 Å². The molecule has 4 nitrogen and oxygen atoms in total. The van der Waals surface area contributed by atoms with E-state index >= 15 is 0 Å². The molecule has 2 aromatic heterocycles. The Hall–Kier alpha value is -1.79. The fraction of sp³-hybridized carbons (Fsp3) is 0.444. The van der Waals surface area contributed by atoms with Crippen LogP contribution < -0.4 is 0 Å². The maximum absolute atomic E-state index is 13.4. The average molecular weight is 344 g/mol. The summed E-state index contributed by atoms with van der Waals surface area (Å²) in [5.74, 6) is 0.343. The average Bonchev–Trinajstić information content (AvgIpc) is 3.20. The van der Waals surface area contributed by atoms with Gasteiger partial charge in [-0.3, -0.25) is 4.90 Å². The Balaban J connectivity index is 1.47. The van der Waals surface area contributed by atoms with Gasteiger partial charge in [-0.25, -0.2) is 4.39 Å². The van der Waals surface area contributed by atoms with Crippen molar-refractivity contribution in [2.75, 3.05) is 13.1 Å². The fourth-order valence-corrected chi connectivity index (χ4v) is 4.48. The molecule has 3 heterocycles. The quantitative estimate of drug-likeness (QED) is 0.765. The van der Waals surface area contributed by atoms with E-state index in [-0.39, 0.29) is 5.82 Å². The normalized spacial score (nSPS) is 18.3. The summed E-state index contributed by atoms with van der Waals surface area (Å²) < 4.78 is 13.4. The summed E-state index contributed by atoms with van der Waals surface area (Å²) in [5, 5.41) is 11.7. The highest BCUT2D eigenvalue weighted by Gasteiger charge is 2.27. The minimum atomic E-state index is -0.188. The number of hydrogen-bond donors (Lipinski definition) is 1. The number of rotatable bonds is 3. The number of halogens is 1. The van der Waals surface area contributed by atoms with E-state index < -0.39 is 0 Å². The summed E-state index contributed by atoms with van der Waals surface area (Å²) >= 11 is 1.69. The van der Waals surface area contributed by atoms with Crippen LogP contribution in [0.5, 0.6) is 0 Å². The van der Waals surface area contributed by atoms with Gasteiger partial charge in [-0.1, -0.05) is 0 Å². The first-order chi connectivity index (χ1) is 11.6. The van der Waals surface area contributed by atoms with Crippen molar-refractivity contribution in [3.63, 3.8) is 0 Å². The van der Waals surface area contributed by atoms with Crippen molar-refractivity contribution in [3.05, 3.63) is 45.8 Å². The van der Waals surface area contributed by atoms with Crippen LogP contribution in [0.25, 0.3) is 10.9 Å². The Bertz CT molecular complexity index is 848. The van der Waals surface area contributed by atoms with Crippen LogP contribution in [0.1, 0.15) is 47.3 Å². The zero-order valence-electron chi connectivity index (χ0n) is 13.9. The molecule has 126 valence electrons. The number of nitrogens with zero attached hydrogens (tertiary/aromatic N) is 3. The molecule has 3 aromatic rings. The molecular weight excluding hydrogens is 323 g/mol. The molecule has 1 saturated heterocycles. The van der Waals surface area contributed by atoms with Gasteiger partial charge in [0.15, 0.2) is 0 Å². The van der Waals surface area contributed by atoms with Crippen molar-refractivity contribution >= 4 is 22.2 Å². The topological polar surface area (TPSA) is 44.8 Å². The van der Waals surface area contributed by atoms with E-state index in [1.165, 1.54) is 5.56 Å². The van der Waals surface area contributed by atoms with Crippen molar-refractivity contribution in [1.29, 1.82) is 0 Å². The van der Waals surface area contributed by atoms with Gasteiger partial charge in [0.25, 0.3) is 0 Å². The second kappa shape index (κ2) is 6.26. The number of aryl methyl sites for hydroxylation is 1. The molecular formula is C18H21FN4S. The molecule has 4 rings (SSSR count). The lowest BCUT2D eigenvalue weighted by atomic mass is 9.88. The number of likely N-dealkylation sites (tertiary alicyclic amines) is 1. The molecule has 1 aliphatic heterocycles. The molecule has 1 fully saturated rings. The summed E-state index contributed by atoms with van der Waals surface area (Å²) in [7, 11) is 0. The van der Waals surface area contributed by atoms with Crippen LogP contribution in [-0.2, 0) is 0 Å². The maximum Gasteiger partial charge on any atom is 0.134 e. The third-order valence-corrected chi connectivity index (χ3v) is 6.10. The zero-order chi connectivity index (χ0) is 16.7. The Kier molecular flexibility index (Phi) is 4.10. The van der Waals surface area contributed by atoms with Crippen molar-refractivity contribution < 1.29 is 4.39 Å². The summed E-state index contributed by atoms with van der Waals surface area (Å²) in [6.45, 7) is 6.32. The lowest BCUT2D eigenvalue weighted by Crippen LogP contribution is -2.35. The molecule has 0 radical (unpaired) electrons. The number of hydrogen-bond acceptors (Lipinski definition) is 4. The second-order valence-electron chi connectivity index (χ2n) is 6.58. The number of fused-ring (bicyclic) bond motifs is 1. The zero-order valence-corrected chi connectivity index (χ0v) is 14.7. The summed E-state index contributed by atoms with van der Waals surface area (Å²) in [6.07, 6.45) is 4.29. The SMILES string of the molecule is Cc1nnc(C(C)N2CCC(c3c[nH]c4cc(F)ccc34)CC2)s1. The van der Waals surface area contributed by atoms with Crippen molar-refractivity contribution in [2.24, 2.45) is 0 Å². The molecule has 1 aromatic carbocycles. The molecule has 0 bridgehead atoms. The Morgan fingerprint density at radius 2 is 2.08 bits per heavy atom. The second-order valence-corrected chi connectivity index (χ2v) is 7.79. The predicted molar refractivity (Wildman–Crippen MR) is 94.9 cm³/mol. The van der Waals surface area contributed by atoms with Crippen LogP contribution in [0, 0.1) is 12.7 Å². The van der Waals surface area contributed by atoms with E-state index in [1.807, 2.05) is 13.0 Å². The van der Waals surface area contributed by atoms with Gasteiger partial charge in [0.1, 0.15) is 15.8 Å². The fourth-order valence-electron chi connectivity index (χ4n) is 3.69. The van der Waals surface area contributed by atoms with Gasteiger partial charge in [0.2, 0.25) is 0 Å². The highest BCUT2D eigenvalue weighted by atomic mass is 32.1. The van der Waals surface area contributed by atoms with Crippen LogP contribution in [0.15, 0.2) is 24.4 Å². The summed E-state index contributed by atoms with van der Waals surface area (Å²) in [4.78, 5) is 5.71. The van der Waals surface area contributed by atoms with E-state index in [4.69, 9.17) is 0 Å². The van der Waals surface area contributed by atoms with Gasteiger partial charge in [-0.05, 0) is 69.5 Å². The van der Waals surface area contributed by atoms with Crippen molar-refractivity contribution in [1.82, 2.24) is 20.1 Å². The molecule has 0 amide bonds. The first-order valence-corrected chi connectivity index (χ1v) is 9.24. The number of piperidine rings is 1. The summed E-state index contributed by atoms with van der Waals surface area (Å²) in [6, 6.07) is 5.35. The number of nitrogens with one attached hydrogen (secondary N) is 1. The van der Waals surface area contributed by atoms with E-state index in [2.05, 4.69) is 33.2 Å². The highest BCUT2D eigenvalue weighted by molar-refractivity contribution is 7.11. The monoisotopic (exact) mass is 344 g/mol. The van der Waals surface area contributed by atoms with E-state index in [1.54, 1.807) is 23.5 Å². The maximum atomic E-state index is 13.4. The molecule has 24 heavy (non-hydrogen) atoms. The van der Waals surface area contributed by atoms with Gasteiger partial charge in [-0.2, -0.15) is 0 Å². The van der Waals surface area contributed by atoms with E-state index in [0.717, 1.165) is 46.8 Å². The molecule has 1 N–H and O–H groups in total. The molecule has 0 saturated carbocycles. The van der Waals surface area contributed by atoms with Crippen LogP contribution in [-0.4, -0.2) is 33.2 Å². The molecule has 6 heteroatoms. The molecule has 1 unspecified atom stereocenters. The van der Waals surface area contributed by atoms with Gasteiger partial charge in [0, 0.05) is 17.1 Å². The third kappa shape index (κ3) is 2.84. The predicted octanol–water partition coefficient (Wildman–Crippen LogP) is 4.41. The lowest BCUT2D eigenvalue weighted by molar-refractivity contribution is 0.162. The summed E-state index contributed by atoms with van der Waals surface area (Å²) in [5.41, 5.74) is 2.22.